The normalized spacial score (nSPS) is 20.3. The number of hydrogen-bond acceptors (Lipinski definition) is 4. The van der Waals surface area contributed by atoms with E-state index in [0.717, 1.165) is 35.3 Å². The standard InChI is InChI=1S/C14H18N2O3/c1-19-8-2-3-11-10(6-8)9-4-5-15-14(12(18)7-17)13(9)16-11/h2-3,6,12,14-18H,4-5,7H2,1H3/t12-,14?/m1/s1. The lowest BCUT2D eigenvalue weighted by atomic mass is 9.96. The van der Waals surface area contributed by atoms with Gasteiger partial charge in [0.25, 0.3) is 0 Å². The van der Waals surface area contributed by atoms with Crippen LogP contribution in [0.5, 0.6) is 5.75 Å². The van der Waals surface area contributed by atoms with Gasteiger partial charge in [0.15, 0.2) is 0 Å². The van der Waals surface area contributed by atoms with E-state index in [-0.39, 0.29) is 12.6 Å². The number of fused-ring (bicyclic) bond motifs is 3. The van der Waals surface area contributed by atoms with Gasteiger partial charge in [0.1, 0.15) is 5.75 Å². The minimum absolute atomic E-state index is 0.243. The summed E-state index contributed by atoms with van der Waals surface area (Å²) >= 11 is 0. The molecule has 1 aromatic heterocycles. The minimum atomic E-state index is -0.797. The average Bonchev–Trinajstić information content (AvgIpc) is 2.83. The molecule has 0 bridgehead atoms. The molecular weight excluding hydrogens is 244 g/mol. The first kappa shape index (κ1) is 12.5. The van der Waals surface area contributed by atoms with E-state index >= 15 is 0 Å². The number of aliphatic hydroxyl groups is 2. The van der Waals surface area contributed by atoms with Gasteiger partial charge in [0, 0.05) is 16.6 Å². The van der Waals surface area contributed by atoms with Gasteiger partial charge < -0.3 is 25.3 Å². The predicted molar refractivity (Wildman–Crippen MR) is 72.4 cm³/mol. The summed E-state index contributed by atoms with van der Waals surface area (Å²) in [5, 5.41) is 23.4. The lowest BCUT2D eigenvalue weighted by Crippen LogP contribution is -2.39. The molecule has 19 heavy (non-hydrogen) atoms. The van der Waals surface area contributed by atoms with E-state index in [1.165, 1.54) is 5.56 Å². The summed E-state index contributed by atoms with van der Waals surface area (Å²) in [6, 6.07) is 5.66. The zero-order valence-corrected chi connectivity index (χ0v) is 10.8. The van der Waals surface area contributed by atoms with E-state index in [9.17, 15) is 5.11 Å². The van der Waals surface area contributed by atoms with E-state index in [2.05, 4.69) is 10.3 Å². The second-order valence-corrected chi connectivity index (χ2v) is 4.86. The molecule has 2 aromatic rings. The van der Waals surface area contributed by atoms with Crippen LogP contribution < -0.4 is 10.1 Å². The van der Waals surface area contributed by atoms with E-state index in [1.54, 1.807) is 7.11 Å². The Hall–Kier alpha value is -1.56. The van der Waals surface area contributed by atoms with Gasteiger partial charge in [-0.3, -0.25) is 0 Å². The number of aliphatic hydroxyl groups excluding tert-OH is 2. The monoisotopic (exact) mass is 262 g/mol. The molecule has 1 aliphatic rings. The topological polar surface area (TPSA) is 77.5 Å². The summed E-state index contributed by atoms with van der Waals surface area (Å²) < 4.78 is 5.26. The summed E-state index contributed by atoms with van der Waals surface area (Å²) in [6.45, 7) is 0.536. The Bertz CT molecular complexity index is 594. The van der Waals surface area contributed by atoms with Gasteiger partial charge in [-0.05, 0) is 36.7 Å². The highest BCUT2D eigenvalue weighted by molar-refractivity contribution is 5.86. The van der Waals surface area contributed by atoms with Crippen LogP contribution >= 0.6 is 0 Å². The fourth-order valence-corrected chi connectivity index (χ4v) is 2.80. The van der Waals surface area contributed by atoms with Crippen molar-refractivity contribution >= 4 is 10.9 Å². The molecule has 0 saturated heterocycles. The first-order valence-corrected chi connectivity index (χ1v) is 6.45. The van der Waals surface area contributed by atoms with E-state index in [0.29, 0.717) is 0 Å². The molecular formula is C14H18N2O3. The predicted octanol–water partition coefficient (Wildman–Crippen LogP) is 0.716. The first-order valence-electron chi connectivity index (χ1n) is 6.45. The van der Waals surface area contributed by atoms with Crippen molar-refractivity contribution in [1.29, 1.82) is 0 Å². The van der Waals surface area contributed by atoms with E-state index in [1.807, 2.05) is 18.2 Å². The molecule has 3 rings (SSSR count). The molecule has 2 atom stereocenters. The number of aromatic nitrogens is 1. The van der Waals surface area contributed by atoms with Crippen LogP contribution in [0.4, 0.5) is 0 Å². The van der Waals surface area contributed by atoms with E-state index < -0.39 is 6.10 Å². The molecule has 1 aromatic carbocycles. The van der Waals surface area contributed by atoms with Crippen molar-refractivity contribution < 1.29 is 14.9 Å². The van der Waals surface area contributed by atoms with E-state index in [4.69, 9.17) is 9.84 Å². The van der Waals surface area contributed by atoms with Gasteiger partial charge in [-0.2, -0.15) is 0 Å². The van der Waals surface area contributed by atoms with Crippen LogP contribution in [0.1, 0.15) is 17.3 Å². The average molecular weight is 262 g/mol. The van der Waals surface area contributed by atoms with Crippen LogP contribution in [0.3, 0.4) is 0 Å². The number of aromatic amines is 1. The van der Waals surface area contributed by atoms with Crippen molar-refractivity contribution in [3.8, 4) is 5.75 Å². The molecule has 1 aliphatic heterocycles. The number of hydrogen-bond donors (Lipinski definition) is 4. The highest BCUT2D eigenvalue weighted by Crippen LogP contribution is 2.33. The summed E-state index contributed by atoms with van der Waals surface area (Å²) in [5.74, 6) is 0.826. The Balaban J connectivity index is 2.13. The van der Waals surface area contributed by atoms with Gasteiger partial charge in [0.05, 0.1) is 25.9 Å². The number of rotatable bonds is 3. The second kappa shape index (κ2) is 4.85. The molecule has 0 amide bonds. The smallest absolute Gasteiger partial charge is 0.119 e. The van der Waals surface area contributed by atoms with Gasteiger partial charge in [0.2, 0.25) is 0 Å². The maximum absolute atomic E-state index is 9.90. The maximum atomic E-state index is 9.90. The van der Waals surface area contributed by atoms with Crippen molar-refractivity contribution in [3.63, 3.8) is 0 Å². The molecule has 0 saturated carbocycles. The van der Waals surface area contributed by atoms with Crippen LogP contribution in [0.25, 0.3) is 10.9 Å². The summed E-state index contributed by atoms with van der Waals surface area (Å²) in [5.41, 5.74) is 3.20. The van der Waals surface area contributed by atoms with Gasteiger partial charge in [-0.1, -0.05) is 0 Å². The number of methoxy groups -OCH3 is 1. The zero-order valence-electron chi connectivity index (χ0n) is 10.8. The summed E-state index contributed by atoms with van der Waals surface area (Å²) in [6.07, 6.45) is 0.103. The minimum Gasteiger partial charge on any atom is -0.497 e. The fraction of sp³-hybridized carbons (Fsp3) is 0.429. The Morgan fingerprint density at radius 1 is 1.47 bits per heavy atom. The van der Waals surface area contributed by atoms with Crippen molar-refractivity contribution in [2.45, 2.75) is 18.6 Å². The van der Waals surface area contributed by atoms with Gasteiger partial charge in [-0.15, -0.1) is 0 Å². The van der Waals surface area contributed by atoms with Crippen LogP contribution in [-0.4, -0.2) is 41.6 Å². The van der Waals surface area contributed by atoms with Crippen LogP contribution in [-0.2, 0) is 6.42 Å². The maximum Gasteiger partial charge on any atom is 0.119 e. The van der Waals surface area contributed by atoms with Crippen molar-refractivity contribution in [3.05, 3.63) is 29.5 Å². The summed E-state index contributed by atoms with van der Waals surface area (Å²) in [4.78, 5) is 3.34. The van der Waals surface area contributed by atoms with Crippen molar-refractivity contribution in [2.24, 2.45) is 0 Å². The molecule has 5 heteroatoms. The molecule has 102 valence electrons. The fourth-order valence-electron chi connectivity index (χ4n) is 2.80. The quantitative estimate of drug-likeness (QED) is 0.657. The summed E-state index contributed by atoms with van der Waals surface area (Å²) in [7, 11) is 1.65. The zero-order chi connectivity index (χ0) is 13.4. The molecule has 4 N–H and O–H groups in total. The van der Waals surface area contributed by atoms with Crippen LogP contribution in [0.15, 0.2) is 18.2 Å². The third-order valence-electron chi connectivity index (χ3n) is 3.77. The van der Waals surface area contributed by atoms with Crippen LogP contribution in [0.2, 0.25) is 0 Å². The highest BCUT2D eigenvalue weighted by atomic mass is 16.5. The Morgan fingerprint density at radius 3 is 3.05 bits per heavy atom. The number of nitrogens with one attached hydrogen (secondary N) is 2. The Labute approximate surface area is 111 Å². The second-order valence-electron chi connectivity index (χ2n) is 4.86. The molecule has 0 aliphatic carbocycles. The first-order chi connectivity index (χ1) is 9.24. The molecule has 5 nitrogen and oxygen atoms in total. The molecule has 0 radical (unpaired) electrons. The number of H-pyrrole nitrogens is 1. The van der Waals surface area contributed by atoms with Gasteiger partial charge >= 0.3 is 0 Å². The third-order valence-corrected chi connectivity index (χ3v) is 3.77. The third kappa shape index (κ3) is 2.00. The molecule has 0 fully saturated rings. The number of benzene rings is 1. The van der Waals surface area contributed by atoms with Crippen molar-refractivity contribution in [1.82, 2.24) is 10.3 Å². The Kier molecular flexibility index (Phi) is 3.18. The SMILES string of the molecule is COc1ccc2[nH]c3c(c2c1)CCNC3[C@H](O)CO. The lowest BCUT2D eigenvalue weighted by Gasteiger charge is -2.27. The molecule has 1 unspecified atom stereocenters. The van der Waals surface area contributed by atoms with Crippen LogP contribution in [0, 0.1) is 0 Å². The van der Waals surface area contributed by atoms with Gasteiger partial charge in [-0.25, -0.2) is 0 Å². The lowest BCUT2D eigenvalue weighted by molar-refractivity contribution is 0.0595. The molecule has 0 spiro atoms. The number of ether oxygens (including phenoxy) is 1. The largest absolute Gasteiger partial charge is 0.497 e. The Morgan fingerprint density at radius 2 is 2.32 bits per heavy atom. The molecule has 2 heterocycles. The van der Waals surface area contributed by atoms with Crippen molar-refractivity contribution in [2.75, 3.05) is 20.3 Å². The highest BCUT2D eigenvalue weighted by Gasteiger charge is 2.28.